The van der Waals surface area contributed by atoms with Crippen LogP contribution in [0.1, 0.15) is 16.7 Å². The molecule has 0 spiro atoms. The van der Waals surface area contributed by atoms with E-state index in [0.717, 1.165) is 16.8 Å². The molecule has 0 aliphatic heterocycles. The first kappa shape index (κ1) is 14.4. The lowest BCUT2D eigenvalue weighted by Gasteiger charge is -2.10. The first-order valence-corrected chi connectivity index (χ1v) is 5.38. The Hall–Kier alpha value is -1.99. The number of hydrogen-bond acceptors (Lipinski definition) is 1. The van der Waals surface area contributed by atoms with Crippen molar-refractivity contribution in [2.45, 2.75) is 19.3 Å². The molecule has 1 aromatic heterocycles. The fourth-order valence-corrected chi connectivity index (χ4v) is 1.67. The highest BCUT2D eigenvalue weighted by Gasteiger charge is 2.33. The van der Waals surface area contributed by atoms with E-state index in [1.807, 2.05) is 0 Å². The van der Waals surface area contributed by atoms with E-state index in [1.165, 1.54) is 13.0 Å². The highest BCUT2D eigenvalue weighted by molar-refractivity contribution is 5.40. The molecular formula is C12H8F6N2. The Morgan fingerprint density at radius 3 is 2.00 bits per heavy atom. The molecule has 0 unspecified atom stereocenters. The zero-order chi connectivity index (χ0) is 15.1. The van der Waals surface area contributed by atoms with Gasteiger partial charge in [0.15, 0.2) is 0 Å². The molecule has 1 heterocycles. The molecule has 0 bridgehead atoms. The van der Waals surface area contributed by atoms with Gasteiger partial charge in [-0.2, -0.15) is 31.4 Å². The summed E-state index contributed by atoms with van der Waals surface area (Å²) in [6.45, 7) is 1.42. The van der Waals surface area contributed by atoms with Gasteiger partial charge in [0.1, 0.15) is 0 Å². The number of aryl methyl sites for hydroxylation is 1. The Bertz CT molecular complexity index is 624. The van der Waals surface area contributed by atoms with E-state index in [-0.39, 0.29) is 11.3 Å². The van der Waals surface area contributed by atoms with Crippen LogP contribution >= 0.6 is 0 Å². The van der Waals surface area contributed by atoms with E-state index in [0.29, 0.717) is 12.4 Å². The van der Waals surface area contributed by atoms with E-state index < -0.39 is 23.5 Å². The van der Waals surface area contributed by atoms with E-state index in [2.05, 4.69) is 5.10 Å². The summed E-state index contributed by atoms with van der Waals surface area (Å²) in [6.07, 6.45) is -7.94. The number of aromatic nitrogens is 2. The van der Waals surface area contributed by atoms with Crippen LogP contribution in [0.4, 0.5) is 26.3 Å². The van der Waals surface area contributed by atoms with Crippen molar-refractivity contribution in [3.8, 4) is 5.69 Å². The second kappa shape index (κ2) is 4.53. The highest BCUT2D eigenvalue weighted by atomic mass is 19.4. The van der Waals surface area contributed by atoms with Gasteiger partial charge in [0.05, 0.1) is 23.0 Å². The fraction of sp³-hybridized carbons (Fsp3) is 0.250. The Morgan fingerprint density at radius 1 is 0.900 bits per heavy atom. The molecule has 2 nitrogen and oxygen atoms in total. The number of rotatable bonds is 1. The third kappa shape index (κ3) is 2.94. The standard InChI is InChI=1S/C12H8F6N2/c1-7-2-8(11(13,14)15)4-10(3-7)20-6-9(5-19-20)12(16,17)18/h2-6H,1H3. The Morgan fingerprint density at radius 2 is 1.50 bits per heavy atom. The molecule has 2 rings (SSSR count). The first-order valence-electron chi connectivity index (χ1n) is 5.38. The van der Waals surface area contributed by atoms with Crippen LogP contribution in [0.15, 0.2) is 30.6 Å². The van der Waals surface area contributed by atoms with Crippen molar-refractivity contribution in [3.05, 3.63) is 47.3 Å². The topological polar surface area (TPSA) is 17.8 Å². The molecule has 0 aliphatic rings. The average molecular weight is 294 g/mol. The summed E-state index contributed by atoms with van der Waals surface area (Å²) in [6, 6.07) is 2.99. The molecule has 0 radical (unpaired) electrons. The largest absolute Gasteiger partial charge is 0.419 e. The van der Waals surface area contributed by atoms with Crippen LogP contribution in [0.3, 0.4) is 0 Å². The summed E-state index contributed by atoms with van der Waals surface area (Å²) in [7, 11) is 0. The van der Waals surface area contributed by atoms with Crippen LogP contribution in [0.2, 0.25) is 0 Å². The second-order valence-corrected chi connectivity index (χ2v) is 4.23. The van der Waals surface area contributed by atoms with Crippen molar-refractivity contribution >= 4 is 0 Å². The van der Waals surface area contributed by atoms with Gasteiger partial charge < -0.3 is 0 Å². The van der Waals surface area contributed by atoms with E-state index in [9.17, 15) is 26.3 Å². The molecule has 2 aromatic rings. The monoisotopic (exact) mass is 294 g/mol. The Labute approximate surface area is 109 Å². The van der Waals surface area contributed by atoms with Crippen LogP contribution in [-0.2, 0) is 12.4 Å². The van der Waals surface area contributed by atoms with Gasteiger partial charge in [-0.3, -0.25) is 0 Å². The third-order valence-electron chi connectivity index (χ3n) is 2.56. The summed E-state index contributed by atoms with van der Waals surface area (Å²) in [5, 5.41) is 3.45. The Balaban J connectivity index is 2.48. The summed E-state index contributed by atoms with van der Waals surface area (Å²) in [4.78, 5) is 0. The number of alkyl halides is 6. The minimum absolute atomic E-state index is 0.0761. The molecule has 0 aliphatic carbocycles. The van der Waals surface area contributed by atoms with Gasteiger partial charge in [-0.05, 0) is 30.7 Å². The van der Waals surface area contributed by atoms with Gasteiger partial charge in [0, 0.05) is 6.20 Å². The minimum Gasteiger partial charge on any atom is -0.240 e. The van der Waals surface area contributed by atoms with Crippen molar-refractivity contribution in [1.82, 2.24) is 9.78 Å². The molecule has 0 N–H and O–H groups in total. The molecule has 0 saturated heterocycles. The SMILES string of the molecule is Cc1cc(-n2cc(C(F)(F)F)cn2)cc(C(F)(F)F)c1. The molecule has 1 aromatic carbocycles. The lowest BCUT2D eigenvalue weighted by Crippen LogP contribution is -2.07. The second-order valence-electron chi connectivity index (χ2n) is 4.23. The maximum absolute atomic E-state index is 12.6. The van der Waals surface area contributed by atoms with Crippen molar-refractivity contribution < 1.29 is 26.3 Å². The minimum atomic E-state index is -4.59. The van der Waals surface area contributed by atoms with E-state index in [4.69, 9.17) is 0 Å². The molecule has 0 amide bonds. The lowest BCUT2D eigenvalue weighted by molar-refractivity contribution is -0.138. The van der Waals surface area contributed by atoms with Crippen molar-refractivity contribution in [2.75, 3.05) is 0 Å². The van der Waals surface area contributed by atoms with Crippen LogP contribution in [-0.4, -0.2) is 9.78 Å². The first-order chi connectivity index (χ1) is 9.07. The van der Waals surface area contributed by atoms with E-state index >= 15 is 0 Å². The number of halogens is 6. The zero-order valence-electron chi connectivity index (χ0n) is 10.0. The molecule has 8 heteroatoms. The zero-order valence-corrected chi connectivity index (χ0v) is 10.0. The van der Waals surface area contributed by atoms with Gasteiger partial charge in [-0.1, -0.05) is 0 Å². The van der Waals surface area contributed by atoms with Gasteiger partial charge in [0.25, 0.3) is 0 Å². The number of benzene rings is 1. The van der Waals surface area contributed by atoms with Crippen molar-refractivity contribution in [1.29, 1.82) is 0 Å². The fourth-order valence-electron chi connectivity index (χ4n) is 1.67. The summed E-state index contributed by atoms with van der Waals surface area (Å²) in [5.41, 5.74) is -1.75. The molecular weight excluding hydrogens is 286 g/mol. The molecule has 20 heavy (non-hydrogen) atoms. The van der Waals surface area contributed by atoms with Crippen LogP contribution < -0.4 is 0 Å². The normalized spacial score (nSPS) is 12.8. The van der Waals surface area contributed by atoms with Crippen LogP contribution in [0.25, 0.3) is 5.69 Å². The summed E-state index contributed by atoms with van der Waals surface area (Å²) >= 11 is 0. The van der Waals surface area contributed by atoms with Gasteiger partial charge in [0.2, 0.25) is 0 Å². The van der Waals surface area contributed by atoms with Crippen LogP contribution in [0, 0.1) is 6.92 Å². The quantitative estimate of drug-likeness (QED) is 0.720. The van der Waals surface area contributed by atoms with Gasteiger partial charge >= 0.3 is 12.4 Å². The Kier molecular flexibility index (Phi) is 3.27. The summed E-state index contributed by atoms with van der Waals surface area (Å²) in [5.74, 6) is 0. The van der Waals surface area contributed by atoms with Gasteiger partial charge in [-0.15, -0.1) is 0 Å². The highest BCUT2D eigenvalue weighted by Crippen LogP contribution is 2.32. The van der Waals surface area contributed by atoms with Crippen molar-refractivity contribution in [2.24, 2.45) is 0 Å². The molecule has 0 saturated carbocycles. The smallest absolute Gasteiger partial charge is 0.240 e. The maximum atomic E-state index is 12.6. The predicted octanol–water partition coefficient (Wildman–Crippen LogP) is 4.22. The average Bonchev–Trinajstić information content (AvgIpc) is 2.75. The third-order valence-corrected chi connectivity index (χ3v) is 2.56. The summed E-state index contributed by atoms with van der Waals surface area (Å²) < 4.78 is 76.0. The molecule has 0 atom stereocenters. The van der Waals surface area contributed by atoms with Crippen molar-refractivity contribution in [3.63, 3.8) is 0 Å². The number of hydrogen-bond donors (Lipinski definition) is 0. The van der Waals surface area contributed by atoms with Crippen LogP contribution in [0.5, 0.6) is 0 Å². The maximum Gasteiger partial charge on any atom is 0.419 e. The van der Waals surface area contributed by atoms with E-state index in [1.54, 1.807) is 0 Å². The lowest BCUT2D eigenvalue weighted by atomic mass is 10.1. The number of nitrogens with zero attached hydrogens (tertiary/aromatic N) is 2. The molecule has 0 fully saturated rings. The van der Waals surface area contributed by atoms with Gasteiger partial charge in [-0.25, -0.2) is 4.68 Å². The molecule has 108 valence electrons. The predicted molar refractivity (Wildman–Crippen MR) is 58.3 cm³/mol.